The molecule has 42 heavy (non-hydrogen) atoms. The third-order valence-electron chi connectivity index (χ3n) is 8.91. The third kappa shape index (κ3) is 5.47. The van der Waals surface area contributed by atoms with Crippen molar-refractivity contribution in [1.82, 2.24) is 19.2 Å². The largest absolute Gasteiger partial charge is 0.381 e. The van der Waals surface area contributed by atoms with Gasteiger partial charge in [-0.25, -0.2) is 4.98 Å². The summed E-state index contributed by atoms with van der Waals surface area (Å²) in [5, 5.41) is 1.98. The first-order valence-corrected chi connectivity index (χ1v) is 16.0. The first-order valence-electron chi connectivity index (χ1n) is 14.9. The van der Waals surface area contributed by atoms with Gasteiger partial charge in [-0.2, -0.15) is 0 Å². The van der Waals surface area contributed by atoms with Gasteiger partial charge in [-0.3, -0.25) is 9.69 Å². The Morgan fingerprint density at radius 3 is 2.57 bits per heavy atom. The van der Waals surface area contributed by atoms with E-state index in [9.17, 15) is 4.79 Å². The van der Waals surface area contributed by atoms with Crippen LogP contribution in [0.4, 0.5) is 0 Å². The number of carbonyl (C=O) groups excluding carboxylic acids is 1. The van der Waals surface area contributed by atoms with E-state index in [0.717, 1.165) is 81.0 Å². The minimum absolute atomic E-state index is 0.0952. The second-order valence-corrected chi connectivity index (χ2v) is 13.1. The number of hydrogen-bond acceptors (Lipinski definition) is 5. The lowest BCUT2D eigenvalue weighted by Gasteiger charge is -2.38. The molecule has 216 valence electrons. The maximum absolute atomic E-state index is 13.3. The number of carbonyl (C=O) groups is 1. The number of pyridine rings is 1. The first-order chi connectivity index (χ1) is 20.6. The molecule has 1 saturated carbocycles. The molecule has 0 bridgehead atoms. The van der Waals surface area contributed by atoms with E-state index in [0.29, 0.717) is 10.9 Å². The number of piperazine rings is 1. The predicted molar refractivity (Wildman–Crippen MR) is 171 cm³/mol. The van der Waals surface area contributed by atoms with E-state index in [4.69, 9.17) is 21.3 Å². The summed E-state index contributed by atoms with van der Waals surface area (Å²) in [4.78, 5) is 24.2. The maximum atomic E-state index is 13.3. The van der Waals surface area contributed by atoms with E-state index in [1.165, 1.54) is 20.5 Å². The number of nitrogens with zero attached hydrogens (tertiary/aromatic N) is 4. The van der Waals surface area contributed by atoms with E-state index in [1.807, 2.05) is 23.5 Å². The summed E-state index contributed by atoms with van der Waals surface area (Å²) in [5.74, 6) is 0.402. The fourth-order valence-electron chi connectivity index (χ4n) is 6.53. The van der Waals surface area contributed by atoms with Gasteiger partial charge >= 0.3 is 0 Å². The van der Waals surface area contributed by atoms with Gasteiger partial charge in [0.05, 0.1) is 17.5 Å². The molecule has 2 atom stereocenters. The Morgan fingerprint density at radius 1 is 1.00 bits per heavy atom. The number of aromatic nitrogens is 2. The molecule has 1 amide bonds. The summed E-state index contributed by atoms with van der Waals surface area (Å²) in [7, 11) is 1.76. The molecule has 1 saturated heterocycles. The number of hydrogen-bond donors (Lipinski definition) is 0. The SMILES string of the molecule is COC1CCCC(C(=O)N2CCN(Cc3c(-c4ccc(Cl)cc4)nc4ccc(-c5cc6ccccc6s5)cn34)CC2)C1. The zero-order valence-corrected chi connectivity index (χ0v) is 25.4. The van der Waals surface area contributed by atoms with Gasteiger partial charge in [0.25, 0.3) is 0 Å². The molecule has 2 aliphatic rings. The molecule has 1 aliphatic heterocycles. The van der Waals surface area contributed by atoms with Crippen molar-refractivity contribution in [2.24, 2.45) is 5.92 Å². The highest BCUT2D eigenvalue weighted by atomic mass is 35.5. The van der Waals surface area contributed by atoms with Crippen LogP contribution in [0.3, 0.4) is 0 Å². The van der Waals surface area contributed by atoms with Crippen molar-refractivity contribution in [2.45, 2.75) is 38.3 Å². The molecule has 8 heteroatoms. The van der Waals surface area contributed by atoms with Crippen LogP contribution >= 0.6 is 22.9 Å². The zero-order chi connectivity index (χ0) is 28.6. The maximum Gasteiger partial charge on any atom is 0.225 e. The van der Waals surface area contributed by atoms with Gasteiger partial charge in [-0.15, -0.1) is 11.3 Å². The molecule has 2 fully saturated rings. The third-order valence-corrected chi connectivity index (χ3v) is 10.3. The number of thiophene rings is 1. The van der Waals surface area contributed by atoms with Crippen LogP contribution < -0.4 is 0 Å². The quantitative estimate of drug-likeness (QED) is 0.205. The summed E-state index contributed by atoms with van der Waals surface area (Å²) in [5.41, 5.74) is 5.30. The van der Waals surface area contributed by atoms with Crippen LogP contribution in [0.1, 0.15) is 31.4 Å². The van der Waals surface area contributed by atoms with E-state index in [2.05, 4.69) is 75.0 Å². The lowest BCUT2D eigenvalue weighted by atomic mass is 9.86. The Hall–Kier alpha value is -3.23. The van der Waals surface area contributed by atoms with Crippen LogP contribution in [0.5, 0.6) is 0 Å². The molecule has 2 unspecified atom stereocenters. The standard InChI is InChI=1S/C34H35ClN4O2S/c1-41-28-7-4-6-25(19-28)34(40)38-17-15-37(16-18-38)22-29-33(23-9-12-27(35)13-10-23)36-32-14-11-26(21-39(29)32)31-20-24-5-2-3-8-30(24)42-31/h2-3,5,8-14,20-21,25,28H,4,6-7,15-19,22H2,1H3. The van der Waals surface area contributed by atoms with Crippen molar-refractivity contribution in [3.05, 3.63) is 83.6 Å². The molecular formula is C34H35ClN4O2S. The number of imidazole rings is 1. The van der Waals surface area contributed by atoms with E-state index in [-0.39, 0.29) is 12.0 Å². The summed E-state index contributed by atoms with van der Waals surface area (Å²) in [6.45, 7) is 3.96. The molecule has 3 aromatic heterocycles. The monoisotopic (exact) mass is 598 g/mol. The number of ether oxygens (including phenoxy) is 1. The van der Waals surface area contributed by atoms with Crippen LogP contribution in [-0.4, -0.2) is 64.5 Å². The highest BCUT2D eigenvalue weighted by Gasteiger charge is 2.32. The Bertz CT molecular complexity index is 1690. The Morgan fingerprint density at radius 2 is 1.79 bits per heavy atom. The van der Waals surface area contributed by atoms with E-state index in [1.54, 1.807) is 7.11 Å². The zero-order valence-electron chi connectivity index (χ0n) is 23.8. The molecule has 0 spiro atoms. The number of amides is 1. The summed E-state index contributed by atoms with van der Waals surface area (Å²) in [6.07, 6.45) is 6.41. The number of methoxy groups -OCH3 is 1. The van der Waals surface area contributed by atoms with Gasteiger partial charge in [0.15, 0.2) is 0 Å². The summed E-state index contributed by atoms with van der Waals surface area (Å²) < 4.78 is 9.13. The van der Waals surface area contributed by atoms with Gasteiger partial charge < -0.3 is 14.0 Å². The second-order valence-electron chi connectivity index (χ2n) is 11.5. The molecule has 5 aromatic rings. The van der Waals surface area contributed by atoms with Gasteiger partial charge in [0.1, 0.15) is 5.65 Å². The second kappa shape index (κ2) is 11.8. The van der Waals surface area contributed by atoms with Crippen molar-refractivity contribution in [1.29, 1.82) is 0 Å². The number of rotatable bonds is 6. The van der Waals surface area contributed by atoms with Crippen LogP contribution in [0, 0.1) is 5.92 Å². The van der Waals surface area contributed by atoms with Crippen molar-refractivity contribution in [2.75, 3.05) is 33.3 Å². The van der Waals surface area contributed by atoms with Crippen LogP contribution in [0.15, 0.2) is 72.9 Å². The van der Waals surface area contributed by atoms with Crippen molar-refractivity contribution in [3.63, 3.8) is 0 Å². The number of benzene rings is 2. The minimum Gasteiger partial charge on any atom is -0.381 e. The highest BCUT2D eigenvalue weighted by molar-refractivity contribution is 7.22. The van der Waals surface area contributed by atoms with Gasteiger partial charge in [-0.1, -0.05) is 48.4 Å². The average Bonchev–Trinajstić information content (AvgIpc) is 3.63. The fourth-order valence-corrected chi connectivity index (χ4v) is 7.71. The van der Waals surface area contributed by atoms with Gasteiger partial charge in [-0.05, 0) is 61.0 Å². The average molecular weight is 599 g/mol. The molecule has 4 heterocycles. The van der Waals surface area contributed by atoms with Crippen LogP contribution in [0.2, 0.25) is 5.02 Å². The summed E-state index contributed by atoms with van der Waals surface area (Å²) in [6, 6.07) is 23.1. The molecule has 2 aromatic carbocycles. The lowest BCUT2D eigenvalue weighted by Crippen LogP contribution is -2.50. The first kappa shape index (κ1) is 27.6. The Kier molecular flexibility index (Phi) is 7.76. The topological polar surface area (TPSA) is 50.1 Å². The molecule has 7 rings (SSSR count). The smallest absolute Gasteiger partial charge is 0.225 e. The van der Waals surface area contributed by atoms with Gasteiger partial charge in [0.2, 0.25) is 5.91 Å². The number of fused-ring (bicyclic) bond motifs is 2. The summed E-state index contributed by atoms with van der Waals surface area (Å²) >= 11 is 8.05. The minimum atomic E-state index is 0.0952. The molecule has 0 N–H and O–H groups in total. The van der Waals surface area contributed by atoms with Crippen LogP contribution in [0.25, 0.3) is 37.4 Å². The molecule has 6 nitrogen and oxygen atoms in total. The normalized spacial score (nSPS) is 20.0. The van der Waals surface area contributed by atoms with Gasteiger partial charge in [0, 0.05) is 77.7 Å². The van der Waals surface area contributed by atoms with Crippen molar-refractivity contribution < 1.29 is 9.53 Å². The predicted octanol–water partition coefficient (Wildman–Crippen LogP) is 7.39. The van der Waals surface area contributed by atoms with Crippen molar-refractivity contribution >= 4 is 44.6 Å². The fraction of sp³-hybridized carbons (Fsp3) is 0.353. The molecule has 0 radical (unpaired) electrons. The van der Waals surface area contributed by atoms with E-state index >= 15 is 0 Å². The van der Waals surface area contributed by atoms with Crippen LogP contribution in [-0.2, 0) is 16.1 Å². The molecular weight excluding hydrogens is 564 g/mol. The number of halogens is 1. The van der Waals surface area contributed by atoms with Crippen molar-refractivity contribution in [3.8, 4) is 21.7 Å². The Labute approximate surface area is 255 Å². The Balaban J connectivity index is 1.16. The molecule has 1 aliphatic carbocycles. The lowest BCUT2D eigenvalue weighted by molar-refractivity contribution is -0.140. The highest BCUT2D eigenvalue weighted by Crippen LogP contribution is 2.35. The van der Waals surface area contributed by atoms with E-state index < -0.39 is 0 Å².